The van der Waals surface area contributed by atoms with E-state index in [1.165, 1.54) is 12.1 Å². The van der Waals surface area contributed by atoms with Crippen LogP contribution in [0.3, 0.4) is 0 Å². The van der Waals surface area contributed by atoms with E-state index < -0.39 is 6.36 Å². The Balaban J connectivity index is 2.96. The van der Waals surface area contributed by atoms with E-state index in [0.717, 1.165) is 6.07 Å². The van der Waals surface area contributed by atoms with Crippen molar-refractivity contribution in [1.82, 2.24) is 0 Å². The zero-order valence-electron chi connectivity index (χ0n) is 7.65. The lowest BCUT2D eigenvalue weighted by Crippen LogP contribution is -2.18. The first-order chi connectivity index (χ1) is 7.33. The molecule has 0 aliphatic rings. The van der Waals surface area contributed by atoms with Crippen molar-refractivity contribution in [3.05, 3.63) is 27.3 Å². The fourth-order valence-electron chi connectivity index (χ4n) is 0.959. The van der Waals surface area contributed by atoms with E-state index in [-0.39, 0.29) is 26.5 Å². The Morgan fingerprint density at radius 1 is 1.44 bits per heavy atom. The Bertz CT molecular complexity index is 406. The van der Waals surface area contributed by atoms with Gasteiger partial charge in [0.05, 0.1) is 9.45 Å². The van der Waals surface area contributed by atoms with Gasteiger partial charge in [-0.05, 0) is 40.8 Å². The van der Waals surface area contributed by atoms with Gasteiger partial charge in [-0.3, -0.25) is 4.79 Å². The minimum atomic E-state index is -4.74. The highest BCUT2D eigenvalue weighted by Gasteiger charge is 2.32. The number of halogens is 5. The van der Waals surface area contributed by atoms with Gasteiger partial charge < -0.3 is 4.74 Å². The lowest BCUT2D eigenvalue weighted by Gasteiger charge is -2.10. The van der Waals surface area contributed by atoms with E-state index in [2.05, 4.69) is 4.74 Å². The Kier molecular flexibility index (Phi) is 4.43. The van der Waals surface area contributed by atoms with Gasteiger partial charge in [-0.15, -0.1) is 24.8 Å². The largest absolute Gasteiger partial charge is 0.573 e. The first kappa shape index (κ1) is 13.6. The maximum absolute atomic E-state index is 11.9. The molecule has 0 N–H and O–H groups in total. The second-order valence-corrected chi connectivity index (χ2v) is 4.18. The molecule has 0 heterocycles. The fraction of sp³-hybridized carbons (Fsp3) is 0.222. The maximum atomic E-state index is 11.9. The standard InChI is InChI=1S/C9H5ClF3IO2/c10-4-7(15)5-1-2-8(6(14)3-5)16-9(11,12)13/h1-3H,4H2. The van der Waals surface area contributed by atoms with E-state index in [4.69, 9.17) is 11.6 Å². The molecule has 2 nitrogen and oxygen atoms in total. The highest BCUT2D eigenvalue weighted by Crippen LogP contribution is 2.28. The lowest BCUT2D eigenvalue weighted by molar-refractivity contribution is -0.274. The Morgan fingerprint density at radius 3 is 2.50 bits per heavy atom. The lowest BCUT2D eigenvalue weighted by atomic mass is 10.1. The zero-order valence-corrected chi connectivity index (χ0v) is 10.6. The predicted molar refractivity (Wildman–Crippen MR) is 60.9 cm³/mol. The molecule has 0 radical (unpaired) electrons. The van der Waals surface area contributed by atoms with Crippen LogP contribution in [0, 0.1) is 3.57 Å². The molecule has 0 spiro atoms. The number of Topliss-reactive ketones (excluding diaryl/α,β-unsaturated/α-hetero) is 1. The second kappa shape index (κ2) is 5.22. The van der Waals surface area contributed by atoms with Gasteiger partial charge in [0.25, 0.3) is 0 Å². The van der Waals surface area contributed by atoms with Crippen molar-refractivity contribution in [3.8, 4) is 5.75 Å². The van der Waals surface area contributed by atoms with E-state index in [0.29, 0.717) is 0 Å². The van der Waals surface area contributed by atoms with Crippen LogP contribution in [0.2, 0.25) is 0 Å². The highest BCUT2D eigenvalue weighted by molar-refractivity contribution is 14.1. The SMILES string of the molecule is O=C(CCl)c1ccc(OC(F)(F)F)c(I)c1. The smallest absolute Gasteiger partial charge is 0.405 e. The summed E-state index contributed by atoms with van der Waals surface area (Å²) >= 11 is 6.98. The van der Waals surface area contributed by atoms with Gasteiger partial charge in [-0.1, -0.05) is 0 Å². The average molecular weight is 364 g/mol. The molecule has 0 aliphatic heterocycles. The molecule has 0 atom stereocenters. The van der Waals surface area contributed by atoms with Crippen LogP contribution in [0.15, 0.2) is 18.2 Å². The fourth-order valence-corrected chi connectivity index (χ4v) is 1.74. The summed E-state index contributed by atoms with van der Waals surface area (Å²) in [4.78, 5) is 11.2. The van der Waals surface area contributed by atoms with E-state index in [9.17, 15) is 18.0 Å². The van der Waals surface area contributed by atoms with Crippen LogP contribution < -0.4 is 4.74 Å². The van der Waals surface area contributed by atoms with Crippen LogP contribution >= 0.6 is 34.2 Å². The van der Waals surface area contributed by atoms with E-state index in [1.54, 1.807) is 22.6 Å². The first-order valence-electron chi connectivity index (χ1n) is 3.98. The third kappa shape index (κ3) is 3.82. The van der Waals surface area contributed by atoms with Gasteiger partial charge in [0.15, 0.2) is 5.78 Å². The molecule has 0 unspecified atom stereocenters. The molecule has 1 aromatic carbocycles. The topological polar surface area (TPSA) is 26.3 Å². The summed E-state index contributed by atoms with van der Waals surface area (Å²) in [6.07, 6.45) is -4.74. The van der Waals surface area contributed by atoms with Crippen molar-refractivity contribution in [2.75, 3.05) is 5.88 Å². The molecule has 7 heteroatoms. The molecule has 16 heavy (non-hydrogen) atoms. The number of ketones is 1. The molecule has 0 fully saturated rings. The van der Waals surface area contributed by atoms with E-state index in [1.807, 2.05) is 0 Å². The molecule has 1 rings (SSSR count). The Hall–Kier alpha value is -0.500. The third-order valence-corrected chi connectivity index (χ3v) is 2.69. The molecule has 0 saturated carbocycles. The first-order valence-corrected chi connectivity index (χ1v) is 5.59. The van der Waals surface area contributed by atoms with Crippen LogP contribution in [0.5, 0.6) is 5.75 Å². The van der Waals surface area contributed by atoms with Crippen LogP contribution in [0.4, 0.5) is 13.2 Å². The summed E-state index contributed by atoms with van der Waals surface area (Å²) in [6, 6.07) is 3.63. The molecular formula is C9H5ClF3IO2. The monoisotopic (exact) mass is 364 g/mol. The number of carbonyl (C=O) groups excluding carboxylic acids is 1. The number of carbonyl (C=O) groups is 1. The molecule has 0 amide bonds. The molecule has 0 bridgehead atoms. The van der Waals surface area contributed by atoms with E-state index >= 15 is 0 Å². The van der Waals surface area contributed by atoms with Crippen LogP contribution in [0.25, 0.3) is 0 Å². The summed E-state index contributed by atoms with van der Waals surface area (Å²) in [6.45, 7) is 0. The maximum Gasteiger partial charge on any atom is 0.573 e. The average Bonchev–Trinajstić information content (AvgIpc) is 2.18. The number of ether oxygens (including phenoxy) is 1. The number of benzene rings is 1. The second-order valence-electron chi connectivity index (χ2n) is 2.75. The summed E-state index contributed by atoms with van der Waals surface area (Å²) < 4.78 is 39.7. The number of hydrogen-bond donors (Lipinski definition) is 0. The highest BCUT2D eigenvalue weighted by atomic mass is 127. The summed E-state index contributed by atoms with van der Waals surface area (Å²) in [5.41, 5.74) is 0.258. The summed E-state index contributed by atoms with van der Waals surface area (Å²) in [7, 11) is 0. The van der Waals surface area contributed by atoms with Gasteiger partial charge in [0.2, 0.25) is 0 Å². The summed E-state index contributed by atoms with van der Waals surface area (Å²) in [5.74, 6) is -0.896. The van der Waals surface area contributed by atoms with Crippen LogP contribution in [-0.4, -0.2) is 18.0 Å². The van der Waals surface area contributed by atoms with Crippen LogP contribution in [0.1, 0.15) is 10.4 Å². The Morgan fingerprint density at radius 2 is 2.06 bits per heavy atom. The number of alkyl halides is 4. The van der Waals surface area contributed by atoms with Crippen molar-refractivity contribution >= 4 is 40.0 Å². The molecule has 88 valence electrons. The molecule has 0 saturated heterocycles. The van der Waals surface area contributed by atoms with Crippen molar-refractivity contribution in [2.45, 2.75) is 6.36 Å². The van der Waals surface area contributed by atoms with Crippen molar-refractivity contribution in [1.29, 1.82) is 0 Å². The molecular weight excluding hydrogens is 359 g/mol. The summed E-state index contributed by atoms with van der Waals surface area (Å²) in [5, 5.41) is 0. The van der Waals surface area contributed by atoms with Gasteiger partial charge >= 0.3 is 6.36 Å². The molecule has 0 aromatic heterocycles. The van der Waals surface area contributed by atoms with Crippen molar-refractivity contribution in [2.24, 2.45) is 0 Å². The van der Waals surface area contributed by atoms with Gasteiger partial charge in [-0.2, -0.15) is 0 Å². The van der Waals surface area contributed by atoms with Gasteiger partial charge in [0, 0.05) is 5.56 Å². The Labute approximate surface area is 108 Å². The molecule has 1 aromatic rings. The van der Waals surface area contributed by atoms with Crippen molar-refractivity contribution < 1.29 is 22.7 Å². The molecule has 0 aliphatic carbocycles. The van der Waals surface area contributed by atoms with Crippen LogP contribution in [-0.2, 0) is 0 Å². The minimum absolute atomic E-state index is 0.200. The quantitative estimate of drug-likeness (QED) is 0.465. The van der Waals surface area contributed by atoms with Gasteiger partial charge in [-0.25, -0.2) is 0 Å². The number of rotatable bonds is 3. The zero-order chi connectivity index (χ0) is 12.3. The van der Waals surface area contributed by atoms with Crippen molar-refractivity contribution in [3.63, 3.8) is 0 Å². The number of hydrogen-bond acceptors (Lipinski definition) is 2. The third-order valence-electron chi connectivity index (χ3n) is 1.60. The minimum Gasteiger partial charge on any atom is -0.405 e. The normalized spacial score (nSPS) is 11.3. The predicted octanol–water partition coefficient (Wildman–Crippen LogP) is 3.61. The van der Waals surface area contributed by atoms with Gasteiger partial charge in [0.1, 0.15) is 5.75 Å².